The van der Waals surface area contributed by atoms with Crippen molar-refractivity contribution in [1.29, 1.82) is 0 Å². The van der Waals surface area contributed by atoms with Crippen molar-refractivity contribution >= 4 is 34.5 Å². The fourth-order valence-electron chi connectivity index (χ4n) is 2.32. The van der Waals surface area contributed by atoms with Crippen LogP contribution in [0.15, 0.2) is 27.4 Å². The largest absolute Gasteiger partial charge is 0.419 e. The highest BCUT2D eigenvalue weighted by atomic mass is 35.5. The molecule has 24 heavy (non-hydrogen) atoms. The molecule has 8 heteroatoms. The smallest absolute Gasteiger partial charge is 0.408 e. The molecule has 2 rings (SSSR count). The zero-order valence-electron chi connectivity index (χ0n) is 13.8. The highest BCUT2D eigenvalue weighted by Gasteiger charge is 2.16. The Bertz CT molecular complexity index is 809. The number of likely N-dealkylation sites (N-methyl/N-ethyl adjacent to an activating group) is 1. The van der Waals surface area contributed by atoms with Gasteiger partial charge in [-0.25, -0.2) is 4.79 Å². The number of benzene rings is 1. The lowest BCUT2D eigenvalue weighted by molar-refractivity contribution is -0.135. The zero-order valence-corrected chi connectivity index (χ0v) is 14.6. The van der Waals surface area contributed by atoms with Crippen LogP contribution in [0.4, 0.5) is 0 Å². The first-order valence-electron chi connectivity index (χ1n) is 7.60. The fourth-order valence-corrected chi connectivity index (χ4v) is 2.48. The Labute approximate surface area is 144 Å². The quantitative estimate of drug-likeness (QED) is 0.855. The second kappa shape index (κ2) is 7.53. The molecule has 0 aliphatic rings. The number of nitrogens with one attached hydrogen (secondary N) is 1. The van der Waals surface area contributed by atoms with Crippen LogP contribution in [0.2, 0.25) is 5.02 Å². The zero-order chi connectivity index (χ0) is 17.9. The minimum Gasteiger partial charge on any atom is -0.408 e. The first kappa shape index (κ1) is 18.1. The number of oxazole rings is 1. The topological polar surface area (TPSA) is 84.5 Å². The summed E-state index contributed by atoms with van der Waals surface area (Å²) < 4.78 is 6.50. The molecule has 1 aromatic carbocycles. The lowest BCUT2D eigenvalue weighted by Crippen LogP contribution is -2.41. The van der Waals surface area contributed by atoms with Gasteiger partial charge in [0.15, 0.2) is 5.58 Å². The van der Waals surface area contributed by atoms with E-state index in [0.717, 1.165) is 0 Å². The number of fused-ring (bicyclic) bond motifs is 1. The molecule has 0 saturated carbocycles. The molecule has 7 nitrogen and oxygen atoms in total. The molecule has 0 atom stereocenters. The molecule has 0 spiro atoms. The molecular weight excluding hydrogens is 334 g/mol. The van der Waals surface area contributed by atoms with Gasteiger partial charge in [-0.2, -0.15) is 0 Å². The predicted molar refractivity (Wildman–Crippen MR) is 91.0 cm³/mol. The van der Waals surface area contributed by atoms with E-state index in [1.54, 1.807) is 25.2 Å². The van der Waals surface area contributed by atoms with Crippen molar-refractivity contribution < 1.29 is 14.0 Å². The van der Waals surface area contributed by atoms with Gasteiger partial charge in [-0.3, -0.25) is 14.2 Å². The van der Waals surface area contributed by atoms with E-state index >= 15 is 0 Å². The van der Waals surface area contributed by atoms with Crippen LogP contribution in [0, 0.1) is 0 Å². The maximum atomic E-state index is 12.1. The summed E-state index contributed by atoms with van der Waals surface area (Å²) in [6.07, 6.45) is 0.0859. The van der Waals surface area contributed by atoms with Gasteiger partial charge >= 0.3 is 5.76 Å². The molecule has 0 radical (unpaired) electrons. The van der Waals surface area contributed by atoms with Gasteiger partial charge in [0.1, 0.15) is 0 Å². The molecule has 130 valence electrons. The van der Waals surface area contributed by atoms with Crippen molar-refractivity contribution in [3.8, 4) is 0 Å². The molecule has 0 saturated heterocycles. The summed E-state index contributed by atoms with van der Waals surface area (Å²) in [5.74, 6) is -0.995. The van der Waals surface area contributed by atoms with Crippen LogP contribution < -0.4 is 11.1 Å². The molecule has 0 bridgehead atoms. The molecule has 2 amide bonds. The van der Waals surface area contributed by atoms with E-state index in [0.29, 0.717) is 16.1 Å². The van der Waals surface area contributed by atoms with Gasteiger partial charge in [-0.15, -0.1) is 0 Å². The summed E-state index contributed by atoms with van der Waals surface area (Å²) in [6, 6.07) is 4.90. The summed E-state index contributed by atoms with van der Waals surface area (Å²) in [5, 5.41) is 3.19. The third-order valence-corrected chi connectivity index (χ3v) is 3.67. The summed E-state index contributed by atoms with van der Waals surface area (Å²) in [5.41, 5.74) is 0.960. The molecule has 0 fully saturated rings. The second-order valence-corrected chi connectivity index (χ2v) is 6.29. The van der Waals surface area contributed by atoms with Crippen molar-refractivity contribution in [2.45, 2.75) is 32.9 Å². The molecule has 0 aliphatic carbocycles. The Morgan fingerprint density at radius 2 is 2.08 bits per heavy atom. The van der Waals surface area contributed by atoms with Crippen molar-refractivity contribution in [2.24, 2.45) is 0 Å². The molecule has 1 N–H and O–H groups in total. The molecule has 1 heterocycles. The minimum absolute atomic E-state index is 0.0173. The van der Waals surface area contributed by atoms with Crippen LogP contribution in [0.25, 0.3) is 11.1 Å². The molecule has 2 aromatic rings. The monoisotopic (exact) mass is 353 g/mol. The number of halogens is 1. The highest BCUT2D eigenvalue weighted by Crippen LogP contribution is 2.18. The van der Waals surface area contributed by atoms with E-state index in [4.69, 9.17) is 16.0 Å². The second-order valence-electron chi connectivity index (χ2n) is 5.85. The van der Waals surface area contributed by atoms with Crippen LogP contribution in [0.5, 0.6) is 0 Å². The van der Waals surface area contributed by atoms with Crippen molar-refractivity contribution in [3.05, 3.63) is 33.8 Å². The lowest BCUT2D eigenvalue weighted by Gasteiger charge is -2.18. The molecular formula is C16H20ClN3O4. The van der Waals surface area contributed by atoms with Crippen LogP contribution in [0.3, 0.4) is 0 Å². The Morgan fingerprint density at radius 1 is 1.38 bits per heavy atom. The standard InChI is InChI=1S/C16H20ClN3O4/c1-10(2)18-14(21)9-19(3)15(22)6-7-20-12-5-4-11(17)8-13(12)24-16(20)23/h4-5,8,10H,6-7,9H2,1-3H3,(H,18,21). The van der Waals surface area contributed by atoms with Gasteiger partial charge in [0.25, 0.3) is 0 Å². The van der Waals surface area contributed by atoms with Gasteiger partial charge in [0, 0.05) is 37.1 Å². The Kier molecular flexibility index (Phi) is 5.66. The van der Waals surface area contributed by atoms with E-state index in [1.807, 2.05) is 13.8 Å². The van der Waals surface area contributed by atoms with E-state index in [1.165, 1.54) is 9.47 Å². The maximum Gasteiger partial charge on any atom is 0.419 e. The first-order valence-corrected chi connectivity index (χ1v) is 7.98. The van der Waals surface area contributed by atoms with Crippen LogP contribution in [-0.2, 0) is 16.1 Å². The van der Waals surface area contributed by atoms with Crippen LogP contribution in [-0.4, -0.2) is 40.9 Å². The summed E-state index contributed by atoms with van der Waals surface area (Å²) >= 11 is 5.86. The fraction of sp³-hybridized carbons (Fsp3) is 0.438. The third kappa shape index (κ3) is 4.38. The highest BCUT2D eigenvalue weighted by molar-refractivity contribution is 6.31. The number of carbonyl (C=O) groups is 2. The molecule has 0 aliphatic heterocycles. The van der Waals surface area contributed by atoms with Crippen LogP contribution in [0.1, 0.15) is 20.3 Å². The SMILES string of the molecule is CC(C)NC(=O)CN(C)C(=O)CCn1c(=O)oc2cc(Cl)ccc21. The van der Waals surface area contributed by atoms with E-state index in [9.17, 15) is 14.4 Å². The molecule has 0 unspecified atom stereocenters. The Hall–Kier alpha value is -2.28. The van der Waals surface area contributed by atoms with Crippen molar-refractivity contribution in [3.63, 3.8) is 0 Å². The van der Waals surface area contributed by atoms with Gasteiger partial charge in [0.2, 0.25) is 11.8 Å². The third-order valence-electron chi connectivity index (χ3n) is 3.44. The number of aryl methyl sites for hydroxylation is 1. The Morgan fingerprint density at radius 3 is 2.75 bits per heavy atom. The average Bonchev–Trinajstić information content (AvgIpc) is 2.78. The predicted octanol–water partition coefficient (Wildman–Crippen LogP) is 1.62. The normalized spacial score (nSPS) is 11.0. The first-order chi connectivity index (χ1) is 11.3. The Balaban J connectivity index is 2.00. The maximum absolute atomic E-state index is 12.1. The van der Waals surface area contributed by atoms with E-state index in [-0.39, 0.29) is 37.4 Å². The van der Waals surface area contributed by atoms with Crippen LogP contribution >= 0.6 is 11.6 Å². The number of nitrogens with zero attached hydrogens (tertiary/aromatic N) is 2. The average molecular weight is 354 g/mol. The number of carbonyl (C=O) groups excluding carboxylic acids is 2. The van der Waals surface area contributed by atoms with Crippen molar-refractivity contribution in [1.82, 2.24) is 14.8 Å². The van der Waals surface area contributed by atoms with Gasteiger partial charge in [-0.1, -0.05) is 11.6 Å². The summed E-state index contributed by atoms with van der Waals surface area (Å²) in [4.78, 5) is 37.0. The number of hydrogen-bond donors (Lipinski definition) is 1. The number of hydrogen-bond acceptors (Lipinski definition) is 4. The van der Waals surface area contributed by atoms with Crippen molar-refractivity contribution in [2.75, 3.05) is 13.6 Å². The summed E-state index contributed by atoms with van der Waals surface area (Å²) in [7, 11) is 1.55. The minimum atomic E-state index is -0.541. The number of amides is 2. The van der Waals surface area contributed by atoms with E-state index in [2.05, 4.69) is 5.32 Å². The van der Waals surface area contributed by atoms with Gasteiger partial charge < -0.3 is 14.6 Å². The van der Waals surface area contributed by atoms with E-state index < -0.39 is 5.76 Å². The molecule has 1 aromatic heterocycles. The van der Waals surface area contributed by atoms with Gasteiger partial charge in [0.05, 0.1) is 12.1 Å². The summed E-state index contributed by atoms with van der Waals surface area (Å²) in [6.45, 7) is 3.85. The number of rotatable bonds is 6. The number of aromatic nitrogens is 1. The van der Waals surface area contributed by atoms with Gasteiger partial charge in [-0.05, 0) is 26.0 Å². The lowest BCUT2D eigenvalue weighted by atomic mass is 10.3.